The predicted molar refractivity (Wildman–Crippen MR) is 423 cm³/mol. The monoisotopic (exact) mass is 1680 g/mol. The summed E-state index contributed by atoms with van der Waals surface area (Å²) < 4.78 is 124. The zero-order chi connectivity index (χ0) is 83.9. The lowest BCUT2D eigenvalue weighted by molar-refractivity contribution is -0.129. The van der Waals surface area contributed by atoms with Crippen molar-refractivity contribution in [3.05, 3.63) is 83.1 Å². The zero-order valence-corrected chi connectivity index (χ0v) is 69.0. The molecule has 5 aromatic rings. The molecule has 0 saturated carbocycles. The van der Waals surface area contributed by atoms with Crippen LogP contribution in [0.4, 0.5) is 11.5 Å². The third-order valence-corrected chi connectivity index (χ3v) is 16.0. The number of hydrazine groups is 1. The van der Waals surface area contributed by atoms with Crippen LogP contribution in [-0.4, -0.2) is 355 Å². The van der Waals surface area contributed by atoms with Crippen LogP contribution in [0.5, 0.6) is 0 Å². The number of anilines is 2. The minimum atomic E-state index is -1.28. The second kappa shape index (κ2) is 69.0. The Morgan fingerprint density at radius 3 is 1.12 bits per heavy atom. The number of aromatic nitrogens is 11. The lowest BCUT2D eigenvalue weighted by Gasteiger charge is -2.34. The predicted octanol–water partition coefficient (Wildman–Crippen LogP) is 0.128. The van der Waals surface area contributed by atoms with Crippen LogP contribution in [0.15, 0.2) is 49.1 Å². The minimum absolute atomic E-state index is 0.0154. The van der Waals surface area contributed by atoms with E-state index in [1.807, 2.05) is 20.8 Å². The molecule has 0 atom stereocenters. The number of nitrogen functional groups attached to an aromatic ring is 1. The molecule has 0 aliphatic carbocycles. The maximum atomic E-state index is 14.0. The molecule has 0 bridgehead atoms. The third-order valence-electron chi connectivity index (χ3n) is 16.0. The van der Waals surface area contributed by atoms with Crippen molar-refractivity contribution >= 4 is 35.1 Å². The van der Waals surface area contributed by atoms with Crippen molar-refractivity contribution in [2.45, 2.75) is 91.6 Å². The smallest absolute Gasteiger partial charge is 0.271 e. The van der Waals surface area contributed by atoms with Gasteiger partial charge in [0.1, 0.15) is 22.6 Å². The quantitative estimate of drug-likeness (QED) is 0.0154. The van der Waals surface area contributed by atoms with Crippen LogP contribution in [0.2, 0.25) is 0 Å². The lowest BCUT2D eigenvalue weighted by Crippen LogP contribution is -2.58. The topological polar surface area (TPSA) is 492 Å². The summed E-state index contributed by atoms with van der Waals surface area (Å²) in [7, 11) is 0. The fraction of sp³-hybridized carbons (Fsp3) is 0.733. The molecule has 118 heavy (non-hydrogen) atoms. The zero-order valence-electron chi connectivity index (χ0n) is 69.0. The van der Waals surface area contributed by atoms with Crippen LogP contribution >= 0.6 is 0 Å². The number of ether oxygens (including phenoxy) is 21. The van der Waals surface area contributed by atoms with Gasteiger partial charge in [0.25, 0.3) is 11.8 Å². The summed E-state index contributed by atoms with van der Waals surface area (Å²) in [5.74, 6) is 3.89. The first-order valence-electron chi connectivity index (χ1n) is 40.1. The first-order valence-corrected chi connectivity index (χ1v) is 40.1. The summed E-state index contributed by atoms with van der Waals surface area (Å²) in [6.45, 7) is 23.1. The molecule has 0 unspecified atom stereocenters. The number of nitrogens with two attached hydrogens (primary N) is 2. The van der Waals surface area contributed by atoms with E-state index in [2.05, 4.69) is 67.6 Å². The molecule has 0 radical (unpaired) electrons. The van der Waals surface area contributed by atoms with Crippen molar-refractivity contribution in [3.63, 3.8) is 0 Å². The average Bonchev–Trinajstić information content (AvgIpc) is 1.13. The fourth-order valence-electron chi connectivity index (χ4n) is 10.1. The van der Waals surface area contributed by atoms with Crippen molar-refractivity contribution < 1.29 is 119 Å². The maximum Gasteiger partial charge on any atom is 0.271 e. The molecule has 4 amide bonds. The van der Waals surface area contributed by atoms with Gasteiger partial charge in [-0.25, -0.2) is 29.9 Å². The normalized spacial score (nSPS) is 11.6. The highest BCUT2D eigenvalue weighted by Crippen LogP contribution is 2.16. The van der Waals surface area contributed by atoms with Gasteiger partial charge >= 0.3 is 0 Å². The molecule has 668 valence electrons. The molecule has 43 heteroatoms. The molecule has 5 rings (SSSR count). The van der Waals surface area contributed by atoms with E-state index in [1.165, 1.54) is 6.20 Å². The van der Waals surface area contributed by atoms with Crippen molar-refractivity contribution in [2.75, 3.05) is 282 Å². The van der Waals surface area contributed by atoms with Crippen LogP contribution in [0.3, 0.4) is 0 Å². The Balaban J connectivity index is 0.977. The summed E-state index contributed by atoms with van der Waals surface area (Å²) >= 11 is 0. The number of primary amides is 1. The number of hydrogen-bond donors (Lipinski definition) is 7. The van der Waals surface area contributed by atoms with Crippen LogP contribution in [0.1, 0.15) is 83.7 Å². The van der Waals surface area contributed by atoms with E-state index in [1.54, 1.807) is 56.9 Å². The Hall–Kier alpha value is -7.68. The van der Waals surface area contributed by atoms with Crippen molar-refractivity contribution in [3.8, 4) is 0 Å². The van der Waals surface area contributed by atoms with E-state index in [-0.39, 0.29) is 108 Å². The van der Waals surface area contributed by atoms with Gasteiger partial charge in [0.2, 0.25) is 11.8 Å². The van der Waals surface area contributed by atoms with Gasteiger partial charge in [0.15, 0.2) is 11.5 Å². The maximum absolute atomic E-state index is 14.0. The number of hydrogen-bond acceptors (Lipinski definition) is 36. The molecule has 0 saturated heterocycles. The summed E-state index contributed by atoms with van der Waals surface area (Å²) in [5.41, 5.74) is 9.54. The lowest BCUT2D eigenvalue weighted by atomic mass is 10.0. The average molecular weight is 1680 g/mol. The molecule has 0 aliphatic rings. The molecule has 0 spiro atoms. The number of nitrogens with zero attached hydrogens (tertiary/aromatic N) is 11. The van der Waals surface area contributed by atoms with Crippen molar-refractivity contribution in [1.82, 2.24) is 70.9 Å². The van der Waals surface area contributed by atoms with Crippen LogP contribution in [0, 0.1) is 0 Å². The summed E-state index contributed by atoms with van der Waals surface area (Å²) in [5, 5.41) is 37.7. The summed E-state index contributed by atoms with van der Waals surface area (Å²) in [6.07, 6.45) is 7.42. The number of rotatable bonds is 83. The molecule has 43 nitrogen and oxygen atoms in total. The molecule has 0 fully saturated rings. The van der Waals surface area contributed by atoms with E-state index in [4.69, 9.17) is 111 Å². The van der Waals surface area contributed by atoms with Gasteiger partial charge in [-0.15, -0.1) is 15.3 Å². The third kappa shape index (κ3) is 51.1. The van der Waals surface area contributed by atoms with Crippen LogP contribution < -0.4 is 38.3 Å². The summed E-state index contributed by atoms with van der Waals surface area (Å²) in [6, 6.07) is 6.79. The van der Waals surface area contributed by atoms with Gasteiger partial charge in [-0.05, 0) is 51.5 Å². The van der Waals surface area contributed by atoms with Crippen LogP contribution in [0.25, 0.3) is 0 Å². The van der Waals surface area contributed by atoms with E-state index in [0.717, 1.165) is 0 Å². The van der Waals surface area contributed by atoms with Gasteiger partial charge in [0, 0.05) is 57.0 Å². The Kier molecular flexibility index (Phi) is 59.0. The second-order valence-corrected chi connectivity index (χ2v) is 25.5. The molecular formula is C75H128N18O25. The van der Waals surface area contributed by atoms with Crippen LogP contribution in [-0.2, 0) is 155 Å². The Bertz CT molecular complexity index is 3120. The molecule has 0 aliphatic heterocycles. The van der Waals surface area contributed by atoms with E-state index < -0.39 is 11.4 Å². The fourth-order valence-corrected chi connectivity index (χ4v) is 10.1. The first-order chi connectivity index (χ1) is 58.0. The van der Waals surface area contributed by atoms with E-state index >= 15 is 0 Å². The molecule has 9 N–H and O–H groups in total. The molecule has 1 aromatic carbocycles. The standard InChI is InChI=1S/C75H128N18O25/c1-4-98-24-27-106-40-43-111-37-32-103-21-16-91-54-66(85-88-91)57-116-60-75(61-117-58-67-55-92(89-86-67)17-22-104-33-38-112-44-41-107-28-25-99-5-2,62-118-59-68-56-93(90-87-68)18-23-105-34-39-113-45-42-108-29-26-100-6-3)83-70(95)13-19-101-30-35-109-46-48-114-50-51-115-49-47-110-36-31-102-20-15-78-69(94)8-7-14-79-74(97)63-9-11-64(12-10-63)80-52-65-53-81-73(84-77)71(82-65)72(76)96/h9-12,53-56,80H,4-8,13-52,57-62,77H2,1-3H3,(H2,76,96)(H,78,94)(H,79,97)(H,81,84)(H,83,95). The molecular weight excluding hydrogens is 1550 g/mol. The highest BCUT2D eigenvalue weighted by atomic mass is 16.6. The van der Waals surface area contributed by atoms with Crippen molar-refractivity contribution in [1.29, 1.82) is 0 Å². The second-order valence-electron chi connectivity index (χ2n) is 25.5. The Labute approximate surface area is 689 Å². The van der Waals surface area contributed by atoms with Gasteiger partial charge in [-0.1, -0.05) is 15.6 Å². The Morgan fingerprint density at radius 1 is 0.398 bits per heavy atom. The molecule has 4 heterocycles. The van der Waals surface area contributed by atoms with Gasteiger partial charge < -0.3 is 132 Å². The number of carbonyl (C=O) groups excluding carboxylic acids is 4. The van der Waals surface area contributed by atoms with Crippen molar-refractivity contribution in [2.24, 2.45) is 11.6 Å². The number of nitrogens with one attached hydrogen (secondary N) is 5. The Morgan fingerprint density at radius 2 is 0.754 bits per heavy atom. The van der Waals surface area contributed by atoms with E-state index in [9.17, 15) is 19.2 Å². The number of benzene rings is 1. The van der Waals surface area contributed by atoms with Gasteiger partial charge in [-0.2, -0.15) is 0 Å². The van der Waals surface area contributed by atoms with Gasteiger partial charge in [0.05, 0.1) is 314 Å². The molecule has 4 aromatic heterocycles. The highest BCUT2D eigenvalue weighted by molar-refractivity contribution is 5.95. The highest BCUT2D eigenvalue weighted by Gasteiger charge is 2.34. The minimum Gasteiger partial charge on any atom is -0.379 e. The number of amides is 4. The largest absolute Gasteiger partial charge is 0.379 e. The van der Waals surface area contributed by atoms with E-state index in [0.29, 0.717) is 291 Å². The number of carbonyl (C=O) groups is 4. The first kappa shape index (κ1) is 101. The SMILES string of the molecule is CCOCCOCCOCCOCCn1cc(COCC(COCc2cn(CCOCCOCCOCCOCC)nn2)(COCc2cn(CCOCCOCCOCCOCC)nn2)NC(=O)CCOCCOCCOCCOCCOCCOCCNC(=O)CCCNC(=O)c2ccc(NCc3cnc(NN)c(C(N)=O)n3)cc2)nn1. The van der Waals surface area contributed by atoms with Gasteiger partial charge in [-0.3, -0.25) is 19.2 Å². The summed E-state index contributed by atoms with van der Waals surface area (Å²) in [4.78, 5) is 58.9.